The Hall–Kier alpha value is -2.28. The molecular formula is C12H10N4O2S. The van der Waals surface area contributed by atoms with Crippen LogP contribution in [0, 0.1) is 6.92 Å². The van der Waals surface area contributed by atoms with E-state index in [-0.39, 0.29) is 4.90 Å². The van der Waals surface area contributed by atoms with Crippen molar-refractivity contribution in [2.24, 2.45) is 0 Å². The predicted molar refractivity (Wildman–Crippen MR) is 69.1 cm³/mol. The number of aromatic nitrogens is 4. The monoisotopic (exact) mass is 274 g/mol. The van der Waals surface area contributed by atoms with E-state index in [4.69, 9.17) is 0 Å². The molecule has 0 spiro atoms. The van der Waals surface area contributed by atoms with Gasteiger partial charge in [0.2, 0.25) is 0 Å². The fourth-order valence-electron chi connectivity index (χ4n) is 1.88. The fourth-order valence-corrected chi connectivity index (χ4v) is 3.38. The summed E-state index contributed by atoms with van der Waals surface area (Å²) in [5.41, 5.74) is 1.40. The van der Waals surface area contributed by atoms with Crippen molar-refractivity contribution in [1.29, 1.82) is 0 Å². The first-order valence-electron chi connectivity index (χ1n) is 5.55. The number of imidazole rings is 1. The average Bonchev–Trinajstić information content (AvgIpc) is 2.83. The summed E-state index contributed by atoms with van der Waals surface area (Å²) in [7, 11) is -3.68. The molecule has 0 bridgehead atoms. The van der Waals surface area contributed by atoms with Crippen LogP contribution in [0.15, 0.2) is 48.0 Å². The smallest absolute Gasteiger partial charge is 0.242 e. The predicted octanol–water partition coefficient (Wildman–Crippen LogP) is 1.37. The summed E-state index contributed by atoms with van der Waals surface area (Å²) in [6, 6.07) is 6.81. The molecule has 0 radical (unpaired) electrons. The van der Waals surface area contributed by atoms with Gasteiger partial charge in [0, 0.05) is 0 Å². The van der Waals surface area contributed by atoms with Gasteiger partial charge in [-0.25, -0.2) is 27.3 Å². The Morgan fingerprint density at radius 3 is 2.74 bits per heavy atom. The molecule has 19 heavy (non-hydrogen) atoms. The Bertz CT molecular complexity index is 855. The maximum absolute atomic E-state index is 12.6. The van der Waals surface area contributed by atoms with Crippen molar-refractivity contribution < 1.29 is 8.42 Å². The summed E-state index contributed by atoms with van der Waals surface area (Å²) < 4.78 is 26.3. The van der Waals surface area contributed by atoms with E-state index in [0.29, 0.717) is 16.7 Å². The average molecular weight is 274 g/mol. The fraction of sp³-hybridized carbons (Fsp3) is 0.0833. The molecule has 2 heterocycles. The van der Waals surface area contributed by atoms with Crippen LogP contribution in [0.1, 0.15) is 5.56 Å². The van der Waals surface area contributed by atoms with E-state index in [2.05, 4.69) is 15.0 Å². The quantitative estimate of drug-likeness (QED) is 0.705. The van der Waals surface area contributed by atoms with Gasteiger partial charge in [0.05, 0.1) is 11.1 Å². The van der Waals surface area contributed by atoms with Crippen LogP contribution < -0.4 is 0 Å². The van der Waals surface area contributed by atoms with Crippen molar-refractivity contribution >= 4 is 21.2 Å². The van der Waals surface area contributed by atoms with E-state index < -0.39 is 10.0 Å². The van der Waals surface area contributed by atoms with Crippen molar-refractivity contribution in [3.05, 3.63) is 48.7 Å². The molecule has 0 aliphatic carbocycles. The summed E-state index contributed by atoms with van der Waals surface area (Å²) in [4.78, 5) is 12.0. The molecule has 0 amide bonds. The number of hydrogen-bond acceptors (Lipinski definition) is 5. The summed E-state index contributed by atoms with van der Waals surface area (Å²) in [5.74, 6) is 0. The molecule has 2 aromatic heterocycles. The molecule has 0 saturated carbocycles. The zero-order valence-corrected chi connectivity index (χ0v) is 10.9. The number of aryl methyl sites for hydroxylation is 1. The summed E-state index contributed by atoms with van der Waals surface area (Å²) >= 11 is 0. The molecule has 3 aromatic rings. The Labute approximate surface area is 109 Å². The van der Waals surface area contributed by atoms with Gasteiger partial charge in [-0.2, -0.15) is 0 Å². The SMILES string of the molecule is Cc1ccccc1S(=O)(=O)n1cnc2ncncc21. The minimum absolute atomic E-state index is 0.248. The third kappa shape index (κ3) is 1.78. The highest BCUT2D eigenvalue weighted by atomic mass is 32.2. The number of benzene rings is 1. The van der Waals surface area contributed by atoms with E-state index in [1.807, 2.05) is 0 Å². The van der Waals surface area contributed by atoms with Gasteiger partial charge in [-0.3, -0.25) is 0 Å². The summed E-state index contributed by atoms with van der Waals surface area (Å²) in [5, 5.41) is 0. The molecule has 7 heteroatoms. The molecule has 0 aliphatic heterocycles. The first-order valence-corrected chi connectivity index (χ1v) is 6.99. The van der Waals surface area contributed by atoms with Crippen LogP contribution >= 0.6 is 0 Å². The molecule has 0 fully saturated rings. The number of rotatable bonds is 2. The van der Waals surface area contributed by atoms with Gasteiger partial charge in [-0.1, -0.05) is 18.2 Å². The van der Waals surface area contributed by atoms with Crippen molar-refractivity contribution in [3.63, 3.8) is 0 Å². The topological polar surface area (TPSA) is 77.7 Å². The third-order valence-corrected chi connectivity index (χ3v) is 4.65. The van der Waals surface area contributed by atoms with Crippen molar-refractivity contribution in [2.75, 3.05) is 0 Å². The van der Waals surface area contributed by atoms with E-state index >= 15 is 0 Å². The van der Waals surface area contributed by atoms with Crippen LogP contribution in [-0.4, -0.2) is 27.3 Å². The lowest BCUT2D eigenvalue weighted by Crippen LogP contribution is -2.13. The summed E-state index contributed by atoms with van der Waals surface area (Å²) in [6.07, 6.45) is 4.02. The highest BCUT2D eigenvalue weighted by Gasteiger charge is 2.21. The van der Waals surface area contributed by atoms with Gasteiger partial charge in [-0.05, 0) is 18.6 Å². The van der Waals surface area contributed by atoms with E-state index in [9.17, 15) is 8.42 Å². The minimum Gasteiger partial charge on any atom is -0.242 e. The zero-order chi connectivity index (χ0) is 13.5. The summed E-state index contributed by atoms with van der Waals surface area (Å²) in [6.45, 7) is 1.75. The maximum Gasteiger partial charge on any atom is 0.269 e. The van der Waals surface area contributed by atoms with Crippen LogP contribution in [0.5, 0.6) is 0 Å². The third-order valence-electron chi connectivity index (χ3n) is 2.83. The van der Waals surface area contributed by atoms with Crippen LogP contribution in [0.2, 0.25) is 0 Å². The van der Waals surface area contributed by atoms with Gasteiger partial charge in [0.15, 0.2) is 5.65 Å². The van der Waals surface area contributed by atoms with Gasteiger partial charge in [-0.15, -0.1) is 0 Å². The van der Waals surface area contributed by atoms with Crippen molar-refractivity contribution in [3.8, 4) is 0 Å². The highest BCUT2D eigenvalue weighted by molar-refractivity contribution is 7.90. The number of nitrogens with zero attached hydrogens (tertiary/aromatic N) is 4. The Kier molecular flexibility index (Phi) is 2.56. The van der Waals surface area contributed by atoms with E-state index in [1.54, 1.807) is 31.2 Å². The largest absolute Gasteiger partial charge is 0.269 e. The number of hydrogen-bond donors (Lipinski definition) is 0. The van der Waals surface area contributed by atoms with Crippen LogP contribution in [0.3, 0.4) is 0 Å². The second-order valence-electron chi connectivity index (χ2n) is 4.04. The molecule has 0 N–H and O–H groups in total. The Balaban J connectivity index is 2.29. The molecule has 1 aromatic carbocycles. The van der Waals surface area contributed by atoms with Crippen LogP contribution in [-0.2, 0) is 10.0 Å². The van der Waals surface area contributed by atoms with Crippen molar-refractivity contribution in [2.45, 2.75) is 11.8 Å². The standard InChI is InChI=1S/C12H10N4O2S/c1-9-4-2-3-5-11(9)19(17,18)16-8-15-12-10(16)6-13-7-14-12/h2-8H,1H3. The zero-order valence-electron chi connectivity index (χ0n) is 10.1. The molecule has 96 valence electrons. The van der Waals surface area contributed by atoms with E-state index in [0.717, 1.165) is 3.97 Å². The highest BCUT2D eigenvalue weighted by Crippen LogP contribution is 2.21. The molecule has 0 atom stereocenters. The van der Waals surface area contributed by atoms with Gasteiger partial charge in [0.1, 0.15) is 18.2 Å². The Morgan fingerprint density at radius 1 is 1.16 bits per heavy atom. The van der Waals surface area contributed by atoms with Crippen molar-refractivity contribution in [1.82, 2.24) is 18.9 Å². The molecule has 6 nitrogen and oxygen atoms in total. The Morgan fingerprint density at radius 2 is 1.95 bits per heavy atom. The first-order chi connectivity index (χ1) is 9.10. The molecule has 0 unspecified atom stereocenters. The van der Waals surface area contributed by atoms with E-state index in [1.165, 1.54) is 18.9 Å². The lowest BCUT2D eigenvalue weighted by Gasteiger charge is -2.08. The lowest BCUT2D eigenvalue weighted by atomic mass is 10.2. The lowest BCUT2D eigenvalue weighted by molar-refractivity contribution is 0.588. The second-order valence-corrected chi connectivity index (χ2v) is 5.83. The van der Waals surface area contributed by atoms with Gasteiger partial charge >= 0.3 is 0 Å². The molecular weight excluding hydrogens is 264 g/mol. The first kappa shape index (κ1) is 11.8. The molecule has 3 rings (SSSR count). The number of fused-ring (bicyclic) bond motifs is 1. The minimum atomic E-state index is -3.68. The van der Waals surface area contributed by atoms with Crippen LogP contribution in [0.4, 0.5) is 0 Å². The van der Waals surface area contributed by atoms with Gasteiger partial charge in [0.25, 0.3) is 10.0 Å². The van der Waals surface area contributed by atoms with Crippen LogP contribution in [0.25, 0.3) is 11.2 Å². The molecule has 0 aliphatic rings. The maximum atomic E-state index is 12.6. The normalized spacial score (nSPS) is 11.8. The van der Waals surface area contributed by atoms with Gasteiger partial charge < -0.3 is 0 Å². The second kappa shape index (κ2) is 4.13. The molecule has 0 saturated heterocycles.